The molecular formula is C15H20N2O2. The molecule has 1 aliphatic heterocycles. The molecule has 4 nitrogen and oxygen atoms in total. The van der Waals surface area contributed by atoms with Crippen LogP contribution in [-0.4, -0.2) is 30.7 Å². The maximum atomic E-state index is 12.1. The third-order valence-corrected chi connectivity index (χ3v) is 4.30. The summed E-state index contributed by atoms with van der Waals surface area (Å²) in [5.41, 5.74) is 3.36. The van der Waals surface area contributed by atoms with Gasteiger partial charge in [-0.05, 0) is 43.4 Å². The molecule has 102 valence electrons. The summed E-state index contributed by atoms with van der Waals surface area (Å²) in [5.74, 6) is -0.295. The molecule has 2 N–H and O–H groups in total. The molecule has 1 saturated carbocycles. The van der Waals surface area contributed by atoms with Crippen LogP contribution >= 0.6 is 0 Å². The lowest BCUT2D eigenvalue weighted by atomic mass is 10.0. The van der Waals surface area contributed by atoms with Crippen molar-refractivity contribution < 1.29 is 9.90 Å². The number of amides is 1. The molecule has 2 unspecified atom stereocenters. The highest BCUT2D eigenvalue weighted by molar-refractivity contribution is 5.93. The Labute approximate surface area is 113 Å². The van der Waals surface area contributed by atoms with Crippen molar-refractivity contribution in [1.82, 2.24) is 0 Å². The molecule has 0 bridgehead atoms. The summed E-state index contributed by atoms with van der Waals surface area (Å²) in [4.78, 5) is 14.3. The van der Waals surface area contributed by atoms with Gasteiger partial charge in [0, 0.05) is 25.0 Å². The van der Waals surface area contributed by atoms with Crippen LogP contribution in [0.3, 0.4) is 0 Å². The number of fused-ring (bicyclic) bond motifs is 1. The number of carbonyl (C=O) groups is 1. The number of benzene rings is 1. The Bertz CT molecular complexity index is 501. The van der Waals surface area contributed by atoms with Crippen molar-refractivity contribution in [2.75, 3.05) is 23.8 Å². The molecule has 0 saturated heterocycles. The number of nitrogens with zero attached hydrogens (tertiary/aromatic N) is 1. The smallest absolute Gasteiger partial charge is 0.230 e. The molecule has 0 radical (unpaired) electrons. The first-order chi connectivity index (χ1) is 9.15. The fourth-order valence-corrected chi connectivity index (χ4v) is 3.10. The fraction of sp³-hybridized carbons (Fsp3) is 0.533. The second-order valence-electron chi connectivity index (χ2n) is 5.61. The lowest BCUT2D eigenvalue weighted by Gasteiger charge is -2.16. The van der Waals surface area contributed by atoms with E-state index < -0.39 is 6.10 Å². The zero-order valence-corrected chi connectivity index (χ0v) is 11.2. The summed E-state index contributed by atoms with van der Waals surface area (Å²) < 4.78 is 0. The Hall–Kier alpha value is -1.55. The van der Waals surface area contributed by atoms with Crippen LogP contribution in [0, 0.1) is 5.92 Å². The lowest BCUT2D eigenvalue weighted by Crippen LogP contribution is -2.28. The van der Waals surface area contributed by atoms with Crippen LogP contribution in [-0.2, 0) is 11.2 Å². The summed E-state index contributed by atoms with van der Waals surface area (Å²) in [6.07, 6.45) is 3.06. The summed E-state index contributed by atoms with van der Waals surface area (Å²) in [6.45, 7) is 1.04. The average Bonchev–Trinajstić information content (AvgIpc) is 2.97. The standard InChI is InChI=1S/C15H20N2O2/c1-17-8-7-10-5-6-11(9-13(10)17)16-15(19)12-3-2-4-14(12)18/h5-6,9,12,14,18H,2-4,7-8H2,1H3,(H,16,19). The normalized spacial score (nSPS) is 25.5. The number of aliphatic hydroxyl groups is 1. The number of rotatable bonds is 2. The highest BCUT2D eigenvalue weighted by Crippen LogP contribution is 2.31. The van der Waals surface area contributed by atoms with Gasteiger partial charge >= 0.3 is 0 Å². The predicted octanol–water partition coefficient (Wildman–Crippen LogP) is 1.78. The molecular weight excluding hydrogens is 240 g/mol. The van der Waals surface area contributed by atoms with Crippen molar-refractivity contribution in [3.8, 4) is 0 Å². The molecule has 1 heterocycles. The highest BCUT2D eigenvalue weighted by Gasteiger charge is 2.31. The van der Waals surface area contributed by atoms with E-state index in [2.05, 4.69) is 23.3 Å². The van der Waals surface area contributed by atoms with Crippen molar-refractivity contribution in [2.45, 2.75) is 31.8 Å². The summed E-state index contributed by atoms with van der Waals surface area (Å²) >= 11 is 0. The Morgan fingerprint density at radius 2 is 2.26 bits per heavy atom. The van der Waals surface area contributed by atoms with Crippen LogP contribution in [0.1, 0.15) is 24.8 Å². The molecule has 1 aromatic rings. The predicted molar refractivity (Wildman–Crippen MR) is 75.4 cm³/mol. The lowest BCUT2D eigenvalue weighted by molar-refractivity contribution is -0.122. The average molecular weight is 260 g/mol. The van der Waals surface area contributed by atoms with Gasteiger partial charge in [0.25, 0.3) is 0 Å². The van der Waals surface area contributed by atoms with Crippen LogP contribution in [0.15, 0.2) is 18.2 Å². The minimum atomic E-state index is -0.475. The van der Waals surface area contributed by atoms with Gasteiger partial charge in [-0.15, -0.1) is 0 Å². The van der Waals surface area contributed by atoms with E-state index >= 15 is 0 Å². The molecule has 1 fully saturated rings. The first kappa shape index (κ1) is 12.5. The minimum Gasteiger partial charge on any atom is -0.392 e. The van der Waals surface area contributed by atoms with E-state index in [9.17, 15) is 9.90 Å². The minimum absolute atomic E-state index is 0.0504. The van der Waals surface area contributed by atoms with Gasteiger partial charge < -0.3 is 15.3 Å². The largest absolute Gasteiger partial charge is 0.392 e. The fourth-order valence-electron chi connectivity index (χ4n) is 3.10. The number of likely N-dealkylation sites (N-methyl/N-ethyl adjacent to an activating group) is 1. The van der Waals surface area contributed by atoms with Gasteiger partial charge in [-0.1, -0.05) is 6.07 Å². The molecule has 1 aliphatic carbocycles. The second-order valence-corrected chi connectivity index (χ2v) is 5.61. The molecule has 3 rings (SSSR count). The van der Waals surface area contributed by atoms with Crippen molar-refractivity contribution in [2.24, 2.45) is 5.92 Å². The van der Waals surface area contributed by atoms with Gasteiger partial charge in [0.1, 0.15) is 0 Å². The van der Waals surface area contributed by atoms with Crippen molar-refractivity contribution in [3.05, 3.63) is 23.8 Å². The third-order valence-electron chi connectivity index (χ3n) is 4.30. The quantitative estimate of drug-likeness (QED) is 0.852. The van der Waals surface area contributed by atoms with E-state index in [0.29, 0.717) is 0 Å². The topological polar surface area (TPSA) is 52.6 Å². The number of hydrogen-bond donors (Lipinski definition) is 2. The first-order valence-electron chi connectivity index (χ1n) is 6.98. The summed E-state index contributed by atoms with van der Waals surface area (Å²) in [6, 6.07) is 6.07. The van der Waals surface area contributed by atoms with E-state index in [1.165, 1.54) is 11.3 Å². The van der Waals surface area contributed by atoms with E-state index in [0.717, 1.165) is 37.9 Å². The Kier molecular flexibility index (Phi) is 3.19. The second kappa shape index (κ2) is 4.85. The Morgan fingerprint density at radius 3 is 3.00 bits per heavy atom. The molecule has 0 aromatic heterocycles. The van der Waals surface area contributed by atoms with Crippen molar-refractivity contribution in [1.29, 1.82) is 0 Å². The van der Waals surface area contributed by atoms with E-state index in [-0.39, 0.29) is 11.8 Å². The van der Waals surface area contributed by atoms with Crippen LogP contribution in [0.2, 0.25) is 0 Å². The molecule has 19 heavy (non-hydrogen) atoms. The van der Waals surface area contributed by atoms with E-state index in [1.54, 1.807) is 0 Å². The van der Waals surface area contributed by atoms with Gasteiger partial charge in [-0.3, -0.25) is 4.79 Å². The molecule has 2 atom stereocenters. The first-order valence-corrected chi connectivity index (χ1v) is 6.98. The zero-order valence-electron chi connectivity index (χ0n) is 11.2. The number of anilines is 2. The van der Waals surface area contributed by atoms with E-state index in [1.807, 2.05) is 12.1 Å². The monoisotopic (exact) mass is 260 g/mol. The zero-order chi connectivity index (χ0) is 13.4. The van der Waals surface area contributed by atoms with Crippen LogP contribution in [0.5, 0.6) is 0 Å². The molecule has 2 aliphatic rings. The Balaban J connectivity index is 1.73. The Morgan fingerprint density at radius 1 is 1.42 bits per heavy atom. The molecule has 4 heteroatoms. The van der Waals surface area contributed by atoms with Gasteiger partial charge in [0.05, 0.1) is 12.0 Å². The van der Waals surface area contributed by atoms with Crippen LogP contribution < -0.4 is 10.2 Å². The van der Waals surface area contributed by atoms with Gasteiger partial charge in [0.15, 0.2) is 0 Å². The van der Waals surface area contributed by atoms with Gasteiger partial charge in [0.2, 0.25) is 5.91 Å². The van der Waals surface area contributed by atoms with Gasteiger partial charge in [-0.25, -0.2) is 0 Å². The van der Waals surface area contributed by atoms with Crippen LogP contribution in [0.25, 0.3) is 0 Å². The maximum absolute atomic E-state index is 12.1. The van der Waals surface area contributed by atoms with Gasteiger partial charge in [-0.2, -0.15) is 0 Å². The maximum Gasteiger partial charge on any atom is 0.230 e. The number of hydrogen-bond acceptors (Lipinski definition) is 3. The number of carbonyl (C=O) groups excluding carboxylic acids is 1. The van der Waals surface area contributed by atoms with Crippen LogP contribution in [0.4, 0.5) is 11.4 Å². The number of nitrogens with one attached hydrogen (secondary N) is 1. The molecule has 0 spiro atoms. The van der Waals surface area contributed by atoms with Crippen molar-refractivity contribution >= 4 is 17.3 Å². The third kappa shape index (κ3) is 2.32. The summed E-state index contributed by atoms with van der Waals surface area (Å²) in [5, 5.41) is 12.7. The van der Waals surface area contributed by atoms with Crippen molar-refractivity contribution in [3.63, 3.8) is 0 Å². The number of aliphatic hydroxyl groups excluding tert-OH is 1. The summed E-state index contributed by atoms with van der Waals surface area (Å²) in [7, 11) is 2.07. The SMILES string of the molecule is CN1CCc2ccc(NC(=O)C3CCCC3O)cc21. The molecule has 1 amide bonds. The van der Waals surface area contributed by atoms with E-state index in [4.69, 9.17) is 0 Å². The molecule has 1 aromatic carbocycles. The highest BCUT2D eigenvalue weighted by atomic mass is 16.3.